The summed E-state index contributed by atoms with van der Waals surface area (Å²) in [6.45, 7) is 1.35. The second kappa shape index (κ2) is 4.78. The van der Waals surface area contributed by atoms with Crippen molar-refractivity contribution in [1.82, 2.24) is 0 Å². The number of oxime groups is 1. The molecule has 1 atom stereocenters. The van der Waals surface area contributed by atoms with Gasteiger partial charge in [-0.2, -0.15) is 0 Å². The monoisotopic (exact) mass is 281 g/mol. The van der Waals surface area contributed by atoms with Crippen LogP contribution in [0.3, 0.4) is 0 Å². The van der Waals surface area contributed by atoms with Crippen molar-refractivity contribution in [1.29, 1.82) is 0 Å². The van der Waals surface area contributed by atoms with E-state index in [1.165, 1.54) is 12.5 Å². The molecule has 0 fully saturated rings. The molecule has 0 bridgehead atoms. The van der Waals surface area contributed by atoms with Crippen LogP contribution in [0, 0.1) is 0 Å². The van der Waals surface area contributed by atoms with Crippen molar-refractivity contribution < 1.29 is 9.63 Å². The zero-order chi connectivity index (χ0) is 11.5. The molecule has 0 amide bonds. The molecule has 1 aliphatic carbocycles. The number of carbonyl (C=O) groups is 1. The molecule has 0 heterocycles. The van der Waals surface area contributed by atoms with Gasteiger partial charge in [-0.3, -0.25) is 0 Å². The van der Waals surface area contributed by atoms with Crippen molar-refractivity contribution >= 4 is 27.6 Å². The van der Waals surface area contributed by atoms with Crippen molar-refractivity contribution in [3.05, 3.63) is 35.4 Å². The Morgan fingerprint density at radius 2 is 2.25 bits per heavy atom. The van der Waals surface area contributed by atoms with Gasteiger partial charge in [0.25, 0.3) is 0 Å². The summed E-state index contributed by atoms with van der Waals surface area (Å²) in [6.07, 6.45) is 1.99. The van der Waals surface area contributed by atoms with Gasteiger partial charge >= 0.3 is 5.97 Å². The topological polar surface area (TPSA) is 38.7 Å². The third kappa shape index (κ3) is 2.32. The van der Waals surface area contributed by atoms with E-state index < -0.39 is 5.97 Å². The van der Waals surface area contributed by atoms with E-state index >= 15 is 0 Å². The molecule has 0 saturated heterocycles. The quantitative estimate of drug-likeness (QED) is 0.451. The fourth-order valence-electron chi connectivity index (χ4n) is 1.80. The largest absolute Gasteiger partial charge is 0.331 e. The van der Waals surface area contributed by atoms with E-state index in [1.54, 1.807) is 0 Å². The van der Waals surface area contributed by atoms with E-state index in [-0.39, 0.29) is 4.83 Å². The summed E-state index contributed by atoms with van der Waals surface area (Å²) < 4.78 is 0. The maximum atomic E-state index is 10.8. The summed E-state index contributed by atoms with van der Waals surface area (Å²) in [5, 5.41) is 3.93. The second-order valence-electron chi connectivity index (χ2n) is 3.72. The lowest BCUT2D eigenvalue weighted by Gasteiger charge is -2.21. The fourth-order valence-corrected chi connectivity index (χ4v) is 2.35. The number of rotatable bonds is 1. The molecule has 0 radical (unpaired) electrons. The maximum absolute atomic E-state index is 10.8. The third-order valence-corrected chi connectivity index (χ3v) is 3.42. The Labute approximate surface area is 103 Å². The molecule has 0 aliphatic heterocycles. The molecule has 16 heavy (non-hydrogen) atoms. The van der Waals surface area contributed by atoms with Crippen LogP contribution in [0.15, 0.2) is 29.4 Å². The Hall–Kier alpha value is -1.16. The number of nitrogens with zero attached hydrogens (tertiary/aromatic N) is 1. The molecule has 1 aliphatic rings. The number of fused-ring (bicyclic) bond motifs is 1. The summed E-state index contributed by atoms with van der Waals surface area (Å²) in [5.41, 5.74) is 3.12. The van der Waals surface area contributed by atoms with Gasteiger partial charge in [0.2, 0.25) is 0 Å². The van der Waals surface area contributed by atoms with Gasteiger partial charge in [-0.05, 0) is 18.4 Å². The van der Waals surface area contributed by atoms with E-state index in [0.29, 0.717) is 0 Å². The molecule has 3 nitrogen and oxygen atoms in total. The fraction of sp³-hybridized carbons (Fsp3) is 0.333. The van der Waals surface area contributed by atoms with Crippen LogP contribution in [0.1, 0.15) is 24.5 Å². The molecule has 0 spiro atoms. The predicted molar refractivity (Wildman–Crippen MR) is 65.8 cm³/mol. The Bertz CT molecular complexity index is 442. The minimum absolute atomic E-state index is 0.154. The van der Waals surface area contributed by atoms with Crippen LogP contribution in [0.2, 0.25) is 0 Å². The van der Waals surface area contributed by atoms with Gasteiger partial charge in [-0.1, -0.05) is 45.4 Å². The molecule has 2 rings (SSSR count). The van der Waals surface area contributed by atoms with Crippen molar-refractivity contribution in [3.63, 3.8) is 0 Å². The van der Waals surface area contributed by atoms with Crippen LogP contribution in [0.4, 0.5) is 0 Å². The molecule has 84 valence electrons. The summed E-state index contributed by atoms with van der Waals surface area (Å²) in [5.74, 6) is -0.393. The molecule has 0 saturated carbocycles. The maximum Gasteiger partial charge on any atom is 0.331 e. The van der Waals surface area contributed by atoms with Crippen molar-refractivity contribution in [3.8, 4) is 0 Å². The van der Waals surface area contributed by atoms with E-state index in [4.69, 9.17) is 4.84 Å². The van der Waals surface area contributed by atoms with Gasteiger partial charge in [0, 0.05) is 12.5 Å². The lowest BCUT2D eigenvalue weighted by Crippen LogP contribution is -2.24. The number of benzene rings is 1. The van der Waals surface area contributed by atoms with E-state index in [0.717, 1.165) is 24.1 Å². The van der Waals surface area contributed by atoms with Crippen molar-refractivity contribution in [2.75, 3.05) is 0 Å². The van der Waals surface area contributed by atoms with Crippen LogP contribution in [0.25, 0.3) is 0 Å². The highest BCUT2D eigenvalue weighted by Gasteiger charge is 2.23. The highest BCUT2D eigenvalue weighted by molar-refractivity contribution is 9.10. The molecule has 1 aromatic carbocycles. The Morgan fingerprint density at radius 3 is 3.00 bits per heavy atom. The SMILES string of the molecule is CC(=O)ON=C1c2ccccc2CCC1Br. The second-order valence-corrected chi connectivity index (χ2v) is 4.83. The number of halogens is 1. The lowest BCUT2D eigenvalue weighted by molar-refractivity contribution is -0.140. The molecule has 0 N–H and O–H groups in total. The smallest absolute Gasteiger partial charge is 0.318 e. The average Bonchev–Trinajstić information content (AvgIpc) is 2.27. The molecule has 4 heteroatoms. The van der Waals surface area contributed by atoms with Crippen molar-refractivity contribution in [2.45, 2.75) is 24.6 Å². The first-order chi connectivity index (χ1) is 7.68. The molecule has 0 aromatic heterocycles. The Balaban J connectivity index is 2.36. The Kier molecular flexibility index (Phi) is 3.39. The molecular formula is C12H12BrNO2. The van der Waals surface area contributed by atoms with E-state index in [1.807, 2.05) is 18.2 Å². The standard InChI is InChI=1S/C12H12BrNO2/c1-8(15)16-14-12-10-5-3-2-4-9(10)6-7-11(12)13/h2-5,11H,6-7H2,1H3. The number of hydrogen-bond acceptors (Lipinski definition) is 3. The number of aryl methyl sites for hydroxylation is 1. The van der Waals surface area contributed by atoms with Gasteiger partial charge in [0.1, 0.15) is 5.71 Å². The highest BCUT2D eigenvalue weighted by atomic mass is 79.9. The van der Waals surface area contributed by atoms with Gasteiger partial charge < -0.3 is 4.84 Å². The minimum atomic E-state index is -0.393. The van der Waals surface area contributed by atoms with Gasteiger partial charge in [-0.25, -0.2) is 4.79 Å². The van der Waals surface area contributed by atoms with Crippen LogP contribution in [0.5, 0.6) is 0 Å². The summed E-state index contributed by atoms with van der Waals surface area (Å²) in [7, 11) is 0. The van der Waals surface area contributed by atoms with Crippen LogP contribution >= 0.6 is 15.9 Å². The summed E-state index contributed by atoms with van der Waals surface area (Å²) in [4.78, 5) is 15.6. The van der Waals surface area contributed by atoms with E-state index in [2.05, 4.69) is 27.2 Å². The number of hydrogen-bond donors (Lipinski definition) is 0. The summed E-state index contributed by atoms with van der Waals surface area (Å²) in [6, 6.07) is 8.06. The first-order valence-corrected chi connectivity index (χ1v) is 6.08. The first kappa shape index (κ1) is 11.3. The molecular weight excluding hydrogens is 270 g/mol. The van der Waals surface area contributed by atoms with Gasteiger partial charge in [0.05, 0.1) is 4.83 Å². The minimum Gasteiger partial charge on any atom is -0.318 e. The Morgan fingerprint density at radius 1 is 1.50 bits per heavy atom. The van der Waals surface area contributed by atoms with Crippen molar-refractivity contribution in [2.24, 2.45) is 5.16 Å². The highest BCUT2D eigenvalue weighted by Crippen LogP contribution is 2.26. The lowest BCUT2D eigenvalue weighted by atomic mass is 9.90. The zero-order valence-electron chi connectivity index (χ0n) is 8.94. The third-order valence-electron chi connectivity index (χ3n) is 2.53. The predicted octanol–water partition coefficient (Wildman–Crippen LogP) is 2.66. The zero-order valence-corrected chi connectivity index (χ0v) is 10.5. The van der Waals surface area contributed by atoms with Gasteiger partial charge in [0.15, 0.2) is 0 Å². The number of alkyl halides is 1. The van der Waals surface area contributed by atoms with E-state index in [9.17, 15) is 4.79 Å². The average molecular weight is 282 g/mol. The first-order valence-electron chi connectivity index (χ1n) is 5.16. The number of carbonyl (C=O) groups excluding carboxylic acids is 1. The van der Waals surface area contributed by atoms with Crippen LogP contribution < -0.4 is 0 Å². The molecule has 1 unspecified atom stereocenters. The van der Waals surface area contributed by atoms with Crippen LogP contribution in [-0.4, -0.2) is 16.5 Å². The van der Waals surface area contributed by atoms with Crippen LogP contribution in [-0.2, 0) is 16.1 Å². The van der Waals surface area contributed by atoms with Gasteiger partial charge in [-0.15, -0.1) is 0 Å². The summed E-state index contributed by atoms with van der Waals surface area (Å²) >= 11 is 3.55. The normalized spacial score (nSPS) is 21.6. The molecule has 1 aromatic rings.